The van der Waals surface area contributed by atoms with Crippen LogP contribution in [0.4, 0.5) is 18.9 Å². The molecule has 9 heteroatoms. The number of aromatic carboxylic acids is 1. The SMILES string of the molecule is C[C@@H]1CN(c2c(F)cc3c(=O)c(C(=O)O)cn([C@H]4C[C@@H]4F)c3c2F)CCN1. The lowest BCUT2D eigenvalue weighted by molar-refractivity contribution is 0.0694. The van der Waals surface area contributed by atoms with E-state index in [0.29, 0.717) is 19.6 Å². The average molecular weight is 381 g/mol. The van der Waals surface area contributed by atoms with Crippen molar-refractivity contribution < 1.29 is 23.1 Å². The number of carboxylic acid groups (broad SMARTS) is 1. The summed E-state index contributed by atoms with van der Waals surface area (Å²) in [6, 6.07) is 0.117. The fourth-order valence-electron chi connectivity index (χ4n) is 3.71. The van der Waals surface area contributed by atoms with Gasteiger partial charge in [0.25, 0.3) is 0 Å². The minimum absolute atomic E-state index is 0.0171. The highest BCUT2D eigenvalue weighted by atomic mass is 19.1. The van der Waals surface area contributed by atoms with Gasteiger partial charge in [-0.25, -0.2) is 18.0 Å². The quantitative estimate of drug-likeness (QED) is 0.852. The fraction of sp³-hybridized carbons (Fsp3) is 0.444. The van der Waals surface area contributed by atoms with Crippen LogP contribution in [-0.2, 0) is 0 Å². The number of rotatable bonds is 3. The lowest BCUT2D eigenvalue weighted by atomic mass is 10.1. The van der Waals surface area contributed by atoms with Crippen molar-refractivity contribution >= 4 is 22.6 Å². The van der Waals surface area contributed by atoms with E-state index in [-0.39, 0.29) is 23.7 Å². The Hall–Kier alpha value is -2.55. The van der Waals surface area contributed by atoms with Gasteiger partial charge in [0.15, 0.2) is 5.82 Å². The molecule has 2 aliphatic rings. The lowest BCUT2D eigenvalue weighted by Crippen LogP contribution is -2.49. The van der Waals surface area contributed by atoms with Gasteiger partial charge >= 0.3 is 5.97 Å². The molecule has 4 rings (SSSR count). The molecule has 27 heavy (non-hydrogen) atoms. The van der Waals surface area contributed by atoms with Crippen LogP contribution in [0.25, 0.3) is 10.9 Å². The van der Waals surface area contributed by atoms with Crippen molar-refractivity contribution in [1.82, 2.24) is 9.88 Å². The Kier molecular flexibility index (Phi) is 4.14. The van der Waals surface area contributed by atoms with Gasteiger partial charge in [0.05, 0.1) is 16.9 Å². The summed E-state index contributed by atoms with van der Waals surface area (Å²) in [6.45, 7) is 3.16. The predicted octanol–water partition coefficient (Wildman–Crippen LogP) is 2.06. The number of halogens is 3. The third kappa shape index (κ3) is 2.86. The molecule has 0 amide bonds. The van der Waals surface area contributed by atoms with Gasteiger partial charge in [-0.2, -0.15) is 0 Å². The van der Waals surface area contributed by atoms with E-state index in [9.17, 15) is 23.5 Å². The van der Waals surface area contributed by atoms with Crippen molar-refractivity contribution in [3.05, 3.63) is 39.7 Å². The fourth-order valence-corrected chi connectivity index (χ4v) is 3.71. The molecule has 1 aromatic heterocycles. The van der Waals surface area contributed by atoms with E-state index in [4.69, 9.17) is 0 Å². The maximum Gasteiger partial charge on any atom is 0.341 e. The Morgan fingerprint density at radius 3 is 2.67 bits per heavy atom. The van der Waals surface area contributed by atoms with Crippen molar-refractivity contribution in [3.63, 3.8) is 0 Å². The first-order valence-electron chi connectivity index (χ1n) is 8.72. The molecule has 1 aromatic carbocycles. The summed E-state index contributed by atoms with van der Waals surface area (Å²) in [5, 5.41) is 12.0. The number of carbonyl (C=O) groups is 1. The van der Waals surface area contributed by atoms with Crippen LogP contribution in [0, 0.1) is 11.6 Å². The Balaban J connectivity index is 2.00. The first-order chi connectivity index (χ1) is 12.8. The lowest BCUT2D eigenvalue weighted by Gasteiger charge is -2.34. The van der Waals surface area contributed by atoms with Crippen LogP contribution in [0.2, 0.25) is 0 Å². The summed E-state index contributed by atoms with van der Waals surface area (Å²) in [4.78, 5) is 25.3. The van der Waals surface area contributed by atoms with E-state index in [1.807, 2.05) is 6.92 Å². The Morgan fingerprint density at radius 1 is 1.37 bits per heavy atom. The number of carboxylic acids is 1. The number of pyridine rings is 1. The maximum atomic E-state index is 15.4. The molecular formula is C18H18F3N3O3. The number of hydrogen-bond acceptors (Lipinski definition) is 4. The number of fused-ring (bicyclic) bond motifs is 1. The van der Waals surface area contributed by atoms with Crippen LogP contribution >= 0.6 is 0 Å². The second-order valence-electron chi connectivity index (χ2n) is 7.12. The molecule has 2 N–H and O–H groups in total. The number of hydrogen-bond donors (Lipinski definition) is 2. The van der Waals surface area contributed by atoms with Crippen molar-refractivity contribution in [2.24, 2.45) is 0 Å². The van der Waals surface area contributed by atoms with Crippen molar-refractivity contribution in [2.75, 3.05) is 24.5 Å². The van der Waals surface area contributed by atoms with Gasteiger partial charge in [-0.15, -0.1) is 0 Å². The molecule has 3 atom stereocenters. The van der Waals surface area contributed by atoms with Crippen LogP contribution in [0.1, 0.15) is 29.7 Å². The van der Waals surface area contributed by atoms with Crippen LogP contribution in [-0.4, -0.2) is 47.5 Å². The normalized spacial score (nSPS) is 25.0. The summed E-state index contributed by atoms with van der Waals surface area (Å²) in [7, 11) is 0. The number of benzene rings is 1. The third-order valence-electron chi connectivity index (χ3n) is 5.14. The molecule has 1 saturated carbocycles. The highest BCUT2D eigenvalue weighted by molar-refractivity contribution is 5.94. The van der Waals surface area contributed by atoms with E-state index in [2.05, 4.69) is 5.32 Å². The average Bonchev–Trinajstić information content (AvgIpc) is 3.32. The Labute approximate surface area is 152 Å². The number of nitrogens with zero attached hydrogens (tertiary/aromatic N) is 2. The highest BCUT2D eigenvalue weighted by Gasteiger charge is 2.41. The van der Waals surface area contributed by atoms with Gasteiger partial charge in [-0.3, -0.25) is 4.79 Å². The summed E-state index contributed by atoms with van der Waals surface area (Å²) in [6.07, 6.45) is -0.208. The second kappa shape index (κ2) is 6.26. The molecule has 0 unspecified atom stereocenters. The Morgan fingerprint density at radius 2 is 2.07 bits per heavy atom. The number of nitrogens with one attached hydrogen (secondary N) is 1. The van der Waals surface area contributed by atoms with E-state index in [0.717, 1.165) is 16.8 Å². The second-order valence-corrected chi connectivity index (χ2v) is 7.12. The summed E-state index contributed by atoms with van der Waals surface area (Å²) in [5.41, 5.74) is -2.15. The van der Waals surface area contributed by atoms with E-state index in [1.165, 1.54) is 0 Å². The van der Waals surface area contributed by atoms with Crippen LogP contribution in [0.3, 0.4) is 0 Å². The third-order valence-corrected chi connectivity index (χ3v) is 5.14. The number of alkyl halides is 1. The molecule has 6 nitrogen and oxygen atoms in total. The largest absolute Gasteiger partial charge is 0.477 e. The predicted molar refractivity (Wildman–Crippen MR) is 93.3 cm³/mol. The number of piperazine rings is 1. The van der Waals surface area contributed by atoms with Gasteiger partial charge in [0.2, 0.25) is 5.43 Å². The molecule has 2 fully saturated rings. The molecule has 2 heterocycles. The molecule has 2 aromatic rings. The number of aromatic nitrogens is 1. The van der Waals surface area contributed by atoms with Gasteiger partial charge < -0.3 is 19.9 Å². The zero-order valence-electron chi connectivity index (χ0n) is 14.5. The molecule has 0 bridgehead atoms. The summed E-state index contributed by atoms with van der Waals surface area (Å²) in [5.74, 6) is -3.42. The monoisotopic (exact) mass is 381 g/mol. The van der Waals surface area contributed by atoms with Crippen molar-refractivity contribution in [3.8, 4) is 0 Å². The topological polar surface area (TPSA) is 74.6 Å². The molecular weight excluding hydrogens is 363 g/mol. The van der Waals surface area contributed by atoms with E-state index < -0.39 is 46.2 Å². The molecule has 1 aliphatic heterocycles. The summed E-state index contributed by atoms with van der Waals surface area (Å²) < 4.78 is 45.0. The zero-order valence-corrected chi connectivity index (χ0v) is 14.5. The smallest absolute Gasteiger partial charge is 0.341 e. The molecule has 0 radical (unpaired) electrons. The first-order valence-corrected chi connectivity index (χ1v) is 8.72. The maximum absolute atomic E-state index is 15.4. The molecule has 1 aliphatic carbocycles. The summed E-state index contributed by atoms with van der Waals surface area (Å²) >= 11 is 0. The number of anilines is 1. The zero-order chi connectivity index (χ0) is 19.5. The minimum Gasteiger partial charge on any atom is -0.477 e. The first kappa shape index (κ1) is 17.8. The van der Waals surface area contributed by atoms with Crippen LogP contribution in [0.5, 0.6) is 0 Å². The van der Waals surface area contributed by atoms with Gasteiger partial charge in [0.1, 0.15) is 23.2 Å². The van der Waals surface area contributed by atoms with Gasteiger partial charge in [-0.1, -0.05) is 0 Å². The van der Waals surface area contributed by atoms with Crippen molar-refractivity contribution in [2.45, 2.75) is 31.6 Å². The van der Waals surface area contributed by atoms with E-state index >= 15 is 4.39 Å². The molecule has 144 valence electrons. The van der Waals surface area contributed by atoms with Crippen molar-refractivity contribution in [1.29, 1.82) is 0 Å². The molecule has 1 saturated heterocycles. The van der Waals surface area contributed by atoms with E-state index in [1.54, 1.807) is 4.90 Å². The van der Waals surface area contributed by atoms with Gasteiger partial charge in [0, 0.05) is 38.3 Å². The minimum atomic E-state index is -1.52. The highest BCUT2D eigenvalue weighted by Crippen LogP contribution is 2.42. The molecule has 0 spiro atoms. The van der Waals surface area contributed by atoms with Crippen LogP contribution < -0.4 is 15.6 Å². The standard InChI is InChI=1S/C18H18F3N3O3/c1-8-6-23(3-2-22-8)16-12(20)4-9-15(14(16)21)24(13-5-11(13)19)7-10(17(9)25)18(26)27/h4,7-8,11,13,22H,2-3,5-6H2,1H3,(H,26,27)/t8-,11+,13+/m1/s1. The van der Waals surface area contributed by atoms with Gasteiger partial charge in [-0.05, 0) is 13.0 Å². The Bertz CT molecular complexity index is 1010. The van der Waals surface area contributed by atoms with Crippen LogP contribution in [0.15, 0.2) is 17.1 Å².